The molecule has 1 atom stereocenters. The molecule has 1 fully saturated rings. The van der Waals surface area contributed by atoms with E-state index in [1.807, 2.05) is 4.90 Å². The number of anilines is 1. The highest BCUT2D eigenvalue weighted by atomic mass is 35.5. The first kappa shape index (κ1) is 16.7. The van der Waals surface area contributed by atoms with E-state index in [0.717, 1.165) is 13.0 Å². The quantitative estimate of drug-likeness (QED) is 0.814. The van der Waals surface area contributed by atoms with E-state index >= 15 is 0 Å². The van der Waals surface area contributed by atoms with Crippen molar-refractivity contribution in [3.8, 4) is 0 Å². The van der Waals surface area contributed by atoms with Crippen molar-refractivity contribution in [2.45, 2.75) is 25.0 Å². The number of hydrogen-bond donors (Lipinski definition) is 2. The summed E-state index contributed by atoms with van der Waals surface area (Å²) in [5.74, 6) is 0.365. The van der Waals surface area contributed by atoms with Gasteiger partial charge >= 0.3 is 0 Å². The Morgan fingerprint density at radius 1 is 1.42 bits per heavy atom. The fourth-order valence-corrected chi connectivity index (χ4v) is 2.93. The molecule has 2 N–H and O–H groups in total. The highest BCUT2D eigenvalue weighted by Crippen LogP contribution is 2.23. The van der Waals surface area contributed by atoms with E-state index in [4.69, 9.17) is 11.6 Å². The number of aromatic nitrogens is 4. The Kier molecular flexibility index (Phi) is 4.96. The maximum Gasteiger partial charge on any atom is 0.241 e. The van der Waals surface area contributed by atoms with Gasteiger partial charge in [-0.2, -0.15) is 5.10 Å². The van der Waals surface area contributed by atoms with Crippen LogP contribution in [0.25, 0.3) is 0 Å². The van der Waals surface area contributed by atoms with Crippen LogP contribution in [-0.4, -0.2) is 56.0 Å². The second-order valence-corrected chi connectivity index (χ2v) is 6.37. The van der Waals surface area contributed by atoms with Gasteiger partial charge < -0.3 is 15.3 Å². The van der Waals surface area contributed by atoms with Crippen LogP contribution >= 0.6 is 11.6 Å². The lowest BCUT2D eigenvalue weighted by Gasteiger charge is -2.39. The van der Waals surface area contributed by atoms with Crippen LogP contribution in [0.4, 0.5) is 5.95 Å². The summed E-state index contributed by atoms with van der Waals surface area (Å²) in [6.07, 6.45) is 7.82. The largest absolute Gasteiger partial charge is 0.386 e. The Bertz CT molecular complexity index is 694. The summed E-state index contributed by atoms with van der Waals surface area (Å²) >= 11 is 5.77. The summed E-state index contributed by atoms with van der Waals surface area (Å²) in [6, 6.07) is 1.75. The third-order valence-electron chi connectivity index (χ3n) is 3.91. The molecule has 1 saturated heterocycles. The molecule has 128 valence electrons. The number of aliphatic hydroxyl groups is 1. The van der Waals surface area contributed by atoms with Gasteiger partial charge in [0.2, 0.25) is 11.9 Å². The molecule has 0 bridgehead atoms. The molecule has 0 saturated carbocycles. The first-order chi connectivity index (χ1) is 11.5. The number of halogens is 1. The fraction of sp³-hybridized carbons (Fsp3) is 0.467. The summed E-state index contributed by atoms with van der Waals surface area (Å²) in [5, 5.41) is 18.0. The van der Waals surface area contributed by atoms with Crippen LogP contribution in [0, 0.1) is 0 Å². The second-order valence-electron chi connectivity index (χ2n) is 5.93. The van der Waals surface area contributed by atoms with Crippen molar-refractivity contribution in [2.24, 2.45) is 0 Å². The predicted molar refractivity (Wildman–Crippen MR) is 88.7 cm³/mol. The first-order valence-corrected chi connectivity index (χ1v) is 8.11. The van der Waals surface area contributed by atoms with Gasteiger partial charge in [0.1, 0.15) is 6.54 Å². The first-order valence-electron chi connectivity index (χ1n) is 7.73. The molecule has 3 heterocycles. The molecule has 0 aromatic carbocycles. The van der Waals surface area contributed by atoms with Gasteiger partial charge in [0.05, 0.1) is 23.4 Å². The van der Waals surface area contributed by atoms with Gasteiger partial charge in [-0.05, 0) is 18.9 Å². The van der Waals surface area contributed by atoms with Gasteiger partial charge in [-0.25, -0.2) is 9.97 Å². The van der Waals surface area contributed by atoms with E-state index in [1.165, 1.54) is 10.9 Å². The highest BCUT2D eigenvalue weighted by Gasteiger charge is 2.34. The standard InChI is InChI=1S/C15H19ClN6O2/c16-12-7-20-22(8-12)9-13(23)19-10-15(24)3-1-6-21(11-15)14-17-4-2-5-18-14/h2,4-5,7-8,24H,1,3,6,9-11H2,(H,19,23)/t15-/m1/s1. The van der Waals surface area contributed by atoms with Crippen molar-refractivity contribution in [3.63, 3.8) is 0 Å². The molecular weight excluding hydrogens is 332 g/mol. The predicted octanol–water partition coefficient (Wildman–Crippen LogP) is 0.474. The monoisotopic (exact) mass is 350 g/mol. The van der Waals surface area contributed by atoms with Crippen LogP contribution in [0.3, 0.4) is 0 Å². The van der Waals surface area contributed by atoms with Crippen LogP contribution in [0.1, 0.15) is 12.8 Å². The van der Waals surface area contributed by atoms with Crippen LogP contribution in [-0.2, 0) is 11.3 Å². The Labute approximate surface area is 144 Å². The van der Waals surface area contributed by atoms with Crippen molar-refractivity contribution < 1.29 is 9.90 Å². The topological polar surface area (TPSA) is 96.2 Å². The van der Waals surface area contributed by atoms with Crippen LogP contribution in [0.5, 0.6) is 0 Å². The SMILES string of the molecule is O=C(Cn1cc(Cl)cn1)NC[C@]1(O)CCCN(c2ncccn2)C1. The Hall–Kier alpha value is -2.19. The zero-order valence-electron chi connectivity index (χ0n) is 13.1. The lowest BCUT2D eigenvalue weighted by atomic mass is 9.93. The summed E-state index contributed by atoms with van der Waals surface area (Å²) in [5.41, 5.74) is -1.01. The lowest BCUT2D eigenvalue weighted by molar-refractivity contribution is -0.123. The molecule has 24 heavy (non-hydrogen) atoms. The maximum absolute atomic E-state index is 12.0. The number of nitrogens with zero attached hydrogens (tertiary/aromatic N) is 5. The number of β-amino-alcohol motifs (C(OH)–C–C–N with tert-alkyl or cyclic N) is 1. The van der Waals surface area contributed by atoms with Gasteiger partial charge in [-0.15, -0.1) is 0 Å². The number of nitrogens with one attached hydrogen (secondary N) is 1. The Morgan fingerprint density at radius 2 is 2.21 bits per heavy atom. The van der Waals surface area contributed by atoms with Crippen molar-refractivity contribution >= 4 is 23.5 Å². The Morgan fingerprint density at radius 3 is 2.92 bits per heavy atom. The van der Waals surface area contributed by atoms with E-state index in [-0.39, 0.29) is 19.0 Å². The number of carbonyl (C=O) groups excluding carboxylic acids is 1. The summed E-state index contributed by atoms with van der Waals surface area (Å²) in [6.45, 7) is 1.40. The van der Waals surface area contributed by atoms with Crippen LogP contribution in [0.15, 0.2) is 30.9 Å². The molecule has 0 unspecified atom stereocenters. The molecule has 1 aliphatic heterocycles. The Balaban J connectivity index is 1.54. The van der Waals surface area contributed by atoms with Gasteiger partial charge in [0.25, 0.3) is 0 Å². The fourth-order valence-electron chi connectivity index (χ4n) is 2.77. The summed E-state index contributed by atoms with van der Waals surface area (Å²) in [4.78, 5) is 22.4. The van der Waals surface area contributed by atoms with Crippen molar-refractivity contribution in [1.82, 2.24) is 25.1 Å². The van der Waals surface area contributed by atoms with E-state index < -0.39 is 5.60 Å². The van der Waals surface area contributed by atoms with Crippen molar-refractivity contribution in [3.05, 3.63) is 35.9 Å². The zero-order valence-corrected chi connectivity index (χ0v) is 13.9. The normalized spacial score (nSPS) is 20.8. The molecular formula is C15H19ClN6O2. The molecule has 3 rings (SSSR count). The lowest BCUT2D eigenvalue weighted by Crippen LogP contribution is -2.55. The van der Waals surface area contributed by atoms with Gasteiger partial charge in [0, 0.05) is 31.7 Å². The molecule has 0 aliphatic carbocycles. The maximum atomic E-state index is 12.0. The number of carbonyl (C=O) groups is 1. The number of rotatable bonds is 5. The van der Waals surface area contributed by atoms with Crippen LogP contribution < -0.4 is 10.2 Å². The number of piperidine rings is 1. The van der Waals surface area contributed by atoms with E-state index in [0.29, 0.717) is 23.9 Å². The number of hydrogen-bond acceptors (Lipinski definition) is 6. The zero-order chi connectivity index (χ0) is 17.0. The molecule has 0 spiro atoms. The molecule has 2 aromatic rings. The van der Waals surface area contributed by atoms with Crippen LogP contribution in [0.2, 0.25) is 5.02 Å². The second kappa shape index (κ2) is 7.14. The third kappa shape index (κ3) is 4.21. The minimum Gasteiger partial charge on any atom is -0.386 e. The summed E-state index contributed by atoms with van der Waals surface area (Å²) < 4.78 is 1.45. The summed E-state index contributed by atoms with van der Waals surface area (Å²) in [7, 11) is 0. The van der Waals surface area contributed by atoms with Gasteiger partial charge in [-0.3, -0.25) is 9.48 Å². The average molecular weight is 351 g/mol. The molecule has 1 amide bonds. The minimum atomic E-state index is -1.01. The number of amides is 1. The molecule has 8 nitrogen and oxygen atoms in total. The van der Waals surface area contributed by atoms with Crippen molar-refractivity contribution in [2.75, 3.05) is 24.5 Å². The average Bonchev–Trinajstić information content (AvgIpc) is 2.99. The van der Waals surface area contributed by atoms with Gasteiger partial charge in [-0.1, -0.05) is 11.6 Å². The van der Waals surface area contributed by atoms with E-state index in [9.17, 15) is 9.90 Å². The van der Waals surface area contributed by atoms with E-state index in [2.05, 4.69) is 20.4 Å². The molecule has 9 heteroatoms. The van der Waals surface area contributed by atoms with Gasteiger partial charge in [0.15, 0.2) is 0 Å². The molecule has 0 radical (unpaired) electrons. The third-order valence-corrected chi connectivity index (χ3v) is 4.11. The van der Waals surface area contributed by atoms with E-state index in [1.54, 1.807) is 24.7 Å². The molecule has 1 aliphatic rings. The van der Waals surface area contributed by atoms with Crippen molar-refractivity contribution in [1.29, 1.82) is 0 Å². The molecule has 2 aromatic heterocycles. The smallest absolute Gasteiger partial charge is 0.241 e. The highest BCUT2D eigenvalue weighted by molar-refractivity contribution is 6.30. The minimum absolute atomic E-state index is 0.0638.